The van der Waals surface area contributed by atoms with E-state index >= 15 is 0 Å². The van der Waals surface area contributed by atoms with Crippen molar-refractivity contribution in [2.45, 2.75) is 39.9 Å². The predicted molar refractivity (Wildman–Crippen MR) is 104 cm³/mol. The summed E-state index contributed by atoms with van der Waals surface area (Å²) in [6.07, 6.45) is 2.52. The Kier molecular flexibility index (Phi) is 5.49. The van der Waals surface area contributed by atoms with Gasteiger partial charge < -0.3 is 5.32 Å². The van der Waals surface area contributed by atoms with Gasteiger partial charge in [0.25, 0.3) is 0 Å². The van der Waals surface area contributed by atoms with Crippen LogP contribution >= 0.6 is 0 Å². The molecule has 7 heteroatoms. The van der Waals surface area contributed by atoms with Crippen LogP contribution in [0.15, 0.2) is 52.2 Å². The lowest BCUT2D eigenvalue weighted by atomic mass is 10.1. The third kappa shape index (κ3) is 3.81. The van der Waals surface area contributed by atoms with E-state index in [9.17, 15) is 14.4 Å². The van der Waals surface area contributed by atoms with Gasteiger partial charge in [-0.15, -0.1) is 0 Å². The number of amides is 1. The quantitative estimate of drug-likeness (QED) is 0.669. The van der Waals surface area contributed by atoms with Crippen molar-refractivity contribution in [3.05, 3.63) is 74.4 Å². The summed E-state index contributed by atoms with van der Waals surface area (Å²) >= 11 is 0. The number of nitrogens with zero attached hydrogens (tertiary/aromatic N) is 3. The van der Waals surface area contributed by atoms with Crippen LogP contribution < -0.4 is 16.4 Å². The third-order valence-electron chi connectivity index (χ3n) is 4.52. The van der Waals surface area contributed by atoms with Crippen molar-refractivity contribution < 1.29 is 4.79 Å². The molecule has 0 bridgehead atoms. The number of benzene rings is 1. The number of aromatic nitrogens is 3. The molecule has 0 fully saturated rings. The van der Waals surface area contributed by atoms with Crippen LogP contribution in [0.1, 0.15) is 25.0 Å². The number of hydrogen-bond acceptors (Lipinski definition) is 4. The van der Waals surface area contributed by atoms with Crippen molar-refractivity contribution in [2.24, 2.45) is 0 Å². The lowest BCUT2D eigenvalue weighted by molar-refractivity contribution is -0.121. The van der Waals surface area contributed by atoms with Crippen molar-refractivity contribution in [2.75, 3.05) is 0 Å². The molecule has 0 aliphatic rings. The molecule has 3 aromatic rings. The summed E-state index contributed by atoms with van der Waals surface area (Å²) in [7, 11) is 0. The van der Waals surface area contributed by atoms with Crippen LogP contribution in [0.3, 0.4) is 0 Å². The smallest absolute Gasteiger partial charge is 0.318 e. The highest BCUT2D eigenvalue weighted by Gasteiger charge is 2.15. The average molecular weight is 366 g/mol. The Hall–Kier alpha value is -3.22. The molecule has 2 aromatic heterocycles. The first-order chi connectivity index (χ1) is 13.0. The summed E-state index contributed by atoms with van der Waals surface area (Å²) in [5, 5.41) is 2.80. The van der Waals surface area contributed by atoms with Crippen LogP contribution in [-0.2, 0) is 30.8 Å². The number of carbonyl (C=O) groups is 1. The summed E-state index contributed by atoms with van der Waals surface area (Å²) < 4.78 is 2.51. The second-order valence-electron chi connectivity index (χ2n) is 6.23. The lowest BCUT2D eigenvalue weighted by Crippen LogP contribution is -2.43. The second kappa shape index (κ2) is 7.99. The molecule has 0 spiro atoms. The minimum atomic E-state index is -0.722. The Labute approximate surface area is 156 Å². The van der Waals surface area contributed by atoms with Gasteiger partial charge in [0, 0.05) is 19.3 Å². The summed E-state index contributed by atoms with van der Waals surface area (Å²) in [5.74, 6) is -0.338. The number of fused-ring (bicyclic) bond motifs is 1. The largest absolute Gasteiger partial charge is 0.350 e. The highest BCUT2D eigenvalue weighted by molar-refractivity contribution is 5.78. The monoisotopic (exact) mass is 366 g/mol. The van der Waals surface area contributed by atoms with Gasteiger partial charge in [-0.05, 0) is 36.6 Å². The van der Waals surface area contributed by atoms with Crippen molar-refractivity contribution in [1.29, 1.82) is 0 Å². The summed E-state index contributed by atoms with van der Waals surface area (Å²) in [6, 6.07) is 11.3. The van der Waals surface area contributed by atoms with Crippen molar-refractivity contribution in [3.63, 3.8) is 0 Å². The number of rotatable bonds is 6. The fraction of sp³-hybridized carbons (Fsp3) is 0.300. The first kappa shape index (κ1) is 18.6. The van der Waals surface area contributed by atoms with Crippen LogP contribution in [-0.4, -0.2) is 20.0 Å². The van der Waals surface area contributed by atoms with Crippen LogP contribution in [0.5, 0.6) is 0 Å². The second-order valence-corrected chi connectivity index (χ2v) is 6.23. The Morgan fingerprint density at radius 1 is 1.00 bits per heavy atom. The van der Waals surface area contributed by atoms with E-state index in [2.05, 4.69) is 17.2 Å². The average Bonchev–Trinajstić information content (AvgIpc) is 2.70. The molecule has 27 heavy (non-hydrogen) atoms. The van der Waals surface area contributed by atoms with Gasteiger partial charge >= 0.3 is 11.1 Å². The van der Waals surface area contributed by atoms with Crippen LogP contribution in [0.4, 0.5) is 0 Å². The highest BCUT2D eigenvalue weighted by atomic mass is 16.2. The van der Waals surface area contributed by atoms with E-state index in [1.807, 2.05) is 24.3 Å². The molecule has 0 radical (unpaired) electrons. The van der Waals surface area contributed by atoms with Gasteiger partial charge in [-0.25, -0.2) is 4.98 Å². The van der Waals surface area contributed by atoms with E-state index in [1.54, 1.807) is 25.3 Å². The van der Waals surface area contributed by atoms with E-state index < -0.39 is 11.1 Å². The zero-order chi connectivity index (χ0) is 19.4. The Balaban J connectivity index is 1.83. The van der Waals surface area contributed by atoms with Crippen LogP contribution in [0.2, 0.25) is 0 Å². The fourth-order valence-corrected chi connectivity index (χ4v) is 2.99. The van der Waals surface area contributed by atoms with Gasteiger partial charge in [0.05, 0.1) is 5.52 Å². The molecule has 0 aliphatic carbocycles. The predicted octanol–water partition coefficient (Wildman–Crippen LogP) is 1.46. The number of hydrogen-bond donors (Lipinski definition) is 1. The number of nitrogens with one attached hydrogen (secondary N) is 1. The van der Waals surface area contributed by atoms with Gasteiger partial charge in [0.1, 0.15) is 6.54 Å². The maximum absolute atomic E-state index is 12.5. The molecule has 3 rings (SSSR count). The first-order valence-electron chi connectivity index (χ1n) is 8.98. The molecule has 1 amide bonds. The molecule has 0 aliphatic heterocycles. The highest BCUT2D eigenvalue weighted by Crippen LogP contribution is 2.08. The molecule has 0 atom stereocenters. The van der Waals surface area contributed by atoms with E-state index in [4.69, 9.17) is 0 Å². The summed E-state index contributed by atoms with van der Waals surface area (Å²) in [6.45, 7) is 4.33. The Bertz CT molecular complexity index is 1080. The summed E-state index contributed by atoms with van der Waals surface area (Å²) in [4.78, 5) is 41.4. The van der Waals surface area contributed by atoms with E-state index in [0.717, 1.165) is 12.0 Å². The number of aryl methyl sites for hydroxylation is 2. The van der Waals surface area contributed by atoms with Gasteiger partial charge in [-0.1, -0.05) is 31.2 Å². The minimum absolute atomic E-state index is 0.228. The zero-order valence-electron chi connectivity index (χ0n) is 15.4. The number of pyridine rings is 1. The van der Waals surface area contributed by atoms with Gasteiger partial charge in [-0.2, -0.15) is 0 Å². The summed E-state index contributed by atoms with van der Waals surface area (Å²) in [5.41, 5.74) is 1.67. The third-order valence-corrected chi connectivity index (χ3v) is 4.52. The van der Waals surface area contributed by atoms with Crippen LogP contribution in [0, 0.1) is 0 Å². The van der Waals surface area contributed by atoms with Gasteiger partial charge in [0.2, 0.25) is 5.91 Å². The van der Waals surface area contributed by atoms with E-state index in [0.29, 0.717) is 24.3 Å². The maximum atomic E-state index is 12.5. The molecule has 0 unspecified atom stereocenters. The van der Waals surface area contributed by atoms with Crippen molar-refractivity contribution in [3.8, 4) is 0 Å². The van der Waals surface area contributed by atoms with Crippen molar-refractivity contribution in [1.82, 2.24) is 19.4 Å². The van der Waals surface area contributed by atoms with Crippen molar-refractivity contribution >= 4 is 17.1 Å². The lowest BCUT2D eigenvalue weighted by Gasteiger charge is -2.13. The molecule has 140 valence electrons. The van der Waals surface area contributed by atoms with E-state index in [1.165, 1.54) is 14.7 Å². The Morgan fingerprint density at radius 3 is 2.33 bits per heavy atom. The molecular formula is C20H22N4O3. The fourth-order valence-electron chi connectivity index (χ4n) is 2.99. The molecule has 2 heterocycles. The molecule has 0 saturated heterocycles. The molecule has 0 saturated carbocycles. The molecule has 1 N–H and O–H groups in total. The molecular weight excluding hydrogens is 344 g/mol. The first-order valence-corrected chi connectivity index (χ1v) is 8.98. The van der Waals surface area contributed by atoms with Crippen LogP contribution in [0.25, 0.3) is 11.2 Å². The number of carbonyl (C=O) groups excluding carboxylic acids is 1. The normalized spacial score (nSPS) is 10.9. The Morgan fingerprint density at radius 2 is 1.67 bits per heavy atom. The minimum Gasteiger partial charge on any atom is -0.350 e. The molecule has 1 aromatic carbocycles. The SMILES string of the molecule is CCc1ccc(CNC(=O)Cn2c(=O)c(=O)n(CC)c3ncccc32)cc1. The van der Waals surface area contributed by atoms with E-state index in [-0.39, 0.29) is 12.5 Å². The van der Waals surface area contributed by atoms with Gasteiger partial charge in [0.15, 0.2) is 5.65 Å². The maximum Gasteiger partial charge on any atom is 0.318 e. The topological polar surface area (TPSA) is 86.0 Å². The molecule has 7 nitrogen and oxygen atoms in total. The standard InChI is InChI=1S/C20H22N4O3/c1-3-14-7-9-15(10-8-14)12-22-17(25)13-24-16-6-5-11-21-18(16)23(4-2)19(26)20(24)27/h5-11H,3-4,12-13H2,1-2H3,(H,22,25). The van der Waals surface area contributed by atoms with Gasteiger partial charge in [-0.3, -0.25) is 23.5 Å². The zero-order valence-corrected chi connectivity index (χ0v) is 15.4.